The molecule has 0 atom stereocenters. The van der Waals surface area contributed by atoms with Gasteiger partial charge in [-0.15, -0.1) is 0 Å². The van der Waals surface area contributed by atoms with Crippen LogP contribution in [0.1, 0.15) is 29.7 Å². The first kappa shape index (κ1) is 20.6. The van der Waals surface area contributed by atoms with E-state index in [1.807, 2.05) is 28.6 Å². The Morgan fingerprint density at radius 1 is 1.18 bits per heavy atom. The third kappa shape index (κ3) is 5.00. The van der Waals surface area contributed by atoms with Crippen LogP contribution in [-0.4, -0.2) is 34.9 Å². The number of halogens is 2. The maximum absolute atomic E-state index is 11.8. The summed E-state index contributed by atoms with van der Waals surface area (Å²) in [7, 11) is 3.60. The Bertz CT molecular complexity index is 877. The van der Waals surface area contributed by atoms with E-state index in [4.69, 9.17) is 23.2 Å². The second-order valence-corrected chi connectivity index (χ2v) is 7.62. The first-order chi connectivity index (χ1) is 13.5. The van der Waals surface area contributed by atoms with Crippen LogP contribution in [0.15, 0.2) is 35.3 Å². The molecule has 28 heavy (non-hydrogen) atoms. The third-order valence-corrected chi connectivity index (χ3v) is 5.71. The normalized spacial score (nSPS) is 14.6. The van der Waals surface area contributed by atoms with Gasteiger partial charge in [-0.3, -0.25) is 9.79 Å². The number of hydrogen-bond donors (Lipinski definition) is 2. The van der Waals surface area contributed by atoms with Gasteiger partial charge in [0.15, 0.2) is 5.96 Å². The summed E-state index contributed by atoms with van der Waals surface area (Å²) < 4.78 is 1.84. The van der Waals surface area contributed by atoms with Crippen LogP contribution in [0.4, 0.5) is 0 Å². The van der Waals surface area contributed by atoms with Crippen LogP contribution in [-0.2, 0) is 31.5 Å². The fraction of sp³-hybridized carbons (Fsp3) is 0.400. The SMILES string of the molecule is CN=C(NCc1cccc(CN2CCCC2=O)c1)NCc1cc(Cl)c(Cl)n1C. The molecule has 0 saturated carbocycles. The Hall–Kier alpha value is -2.18. The van der Waals surface area contributed by atoms with Crippen molar-refractivity contribution in [1.82, 2.24) is 20.1 Å². The Labute approximate surface area is 175 Å². The lowest BCUT2D eigenvalue weighted by molar-refractivity contribution is -0.128. The van der Waals surface area contributed by atoms with Gasteiger partial charge in [0.2, 0.25) is 5.91 Å². The standard InChI is InChI=1S/C20H25Cl2N5O/c1-23-20(25-12-16-10-17(21)19(22)26(16)2)24-11-14-5-3-6-15(9-14)13-27-8-4-7-18(27)28/h3,5-6,9-10H,4,7-8,11-13H2,1-2H3,(H2,23,24,25). The predicted molar refractivity (Wildman–Crippen MR) is 114 cm³/mol. The predicted octanol–water partition coefficient (Wildman–Crippen LogP) is 3.32. The molecule has 2 N–H and O–H groups in total. The van der Waals surface area contributed by atoms with Crippen LogP contribution in [0.5, 0.6) is 0 Å². The van der Waals surface area contributed by atoms with Crippen molar-refractivity contribution in [2.45, 2.75) is 32.5 Å². The molecule has 1 aliphatic rings. The van der Waals surface area contributed by atoms with Crippen LogP contribution < -0.4 is 10.6 Å². The minimum Gasteiger partial charge on any atom is -0.352 e. The first-order valence-electron chi connectivity index (χ1n) is 9.27. The Balaban J connectivity index is 1.54. The number of aromatic nitrogens is 1. The highest BCUT2D eigenvalue weighted by Gasteiger charge is 2.19. The summed E-state index contributed by atoms with van der Waals surface area (Å²) in [4.78, 5) is 18.0. The molecular weight excluding hydrogens is 397 g/mol. The van der Waals surface area contributed by atoms with Crippen molar-refractivity contribution < 1.29 is 4.79 Å². The zero-order valence-corrected chi connectivity index (χ0v) is 17.6. The maximum atomic E-state index is 11.8. The van der Waals surface area contributed by atoms with E-state index in [9.17, 15) is 4.79 Å². The molecule has 1 fully saturated rings. The molecular formula is C20H25Cl2N5O. The molecule has 0 radical (unpaired) electrons. The number of nitrogens with one attached hydrogen (secondary N) is 2. The van der Waals surface area contributed by atoms with Crippen molar-refractivity contribution in [3.8, 4) is 0 Å². The minimum atomic E-state index is 0.244. The van der Waals surface area contributed by atoms with Gasteiger partial charge in [-0.05, 0) is 23.6 Å². The van der Waals surface area contributed by atoms with Crippen molar-refractivity contribution in [2.24, 2.45) is 12.0 Å². The number of amides is 1. The number of guanidine groups is 1. The third-order valence-electron chi connectivity index (χ3n) is 4.87. The quantitative estimate of drug-likeness (QED) is 0.555. The van der Waals surface area contributed by atoms with E-state index >= 15 is 0 Å². The van der Waals surface area contributed by atoms with Gasteiger partial charge in [0.1, 0.15) is 5.15 Å². The number of likely N-dealkylation sites (tertiary alicyclic amines) is 1. The molecule has 8 heteroatoms. The molecule has 0 spiro atoms. The van der Waals surface area contributed by atoms with E-state index in [1.165, 1.54) is 0 Å². The van der Waals surface area contributed by atoms with Crippen molar-refractivity contribution in [3.63, 3.8) is 0 Å². The molecule has 1 aromatic heterocycles. The molecule has 1 saturated heterocycles. The molecule has 150 valence electrons. The average Bonchev–Trinajstić information content (AvgIpc) is 3.20. The summed E-state index contributed by atoms with van der Waals surface area (Å²) in [5.41, 5.74) is 3.25. The summed E-state index contributed by atoms with van der Waals surface area (Å²) in [5.74, 6) is 0.933. The topological polar surface area (TPSA) is 61.7 Å². The van der Waals surface area contributed by atoms with E-state index in [0.29, 0.717) is 42.2 Å². The Morgan fingerprint density at radius 3 is 2.57 bits per heavy atom. The zero-order valence-electron chi connectivity index (χ0n) is 16.1. The molecule has 2 heterocycles. The van der Waals surface area contributed by atoms with Crippen LogP contribution in [0, 0.1) is 0 Å². The van der Waals surface area contributed by atoms with E-state index in [1.54, 1.807) is 7.05 Å². The van der Waals surface area contributed by atoms with Gasteiger partial charge in [0.25, 0.3) is 0 Å². The molecule has 2 aromatic rings. The molecule has 6 nitrogen and oxygen atoms in total. The van der Waals surface area contributed by atoms with Crippen LogP contribution in [0.3, 0.4) is 0 Å². The zero-order chi connectivity index (χ0) is 20.1. The van der Waals surface area contributed by atoms with E-state index in [-0.39, 0.29) is 5.91 Å². The molecule has 3 rings (SSSR count). The summed E-state index contributed by atoms with van der Waals surface area (Å²) >= 11 is 12.2. The number of carbonyl (C=O) groups is 1. The van der Waals surface area contributed by atoms with E-state index in [2.05, 4.69) is 33.8 Å². The number of nitrogens with zero attached hydrogens (tertiary/aromatic N) is 3. The lowest BCUT2D eigenvalue weighted by Gasteiger charge is -2.16. The van der Waals surface area contributed by atoms with Crippen LogP contribution in [0.25, 0.3) is 0 Å². The number of rotatable bonds is 6. The van der Waals surface area contributed by atoms with Gasteiger partial charge in [0.05, 0.1) is 11.6 Å². The summed E-state index contributed by atoms with van der Waals surface area (Å²) in [6, 6.07) is 10.1. The van der Waals surface area contributed by atoms with Gasteiger partial charge in [-0.1, -0.05) is 47.5 Å². The monoisotopic (exact) mass is 421 g/mol. The lowest BCUT2D eigenvalue weighted by Crippen LogP contribution is -2.36. The van der Waals surface area contributed by atoms with Gasteiger partial charge < -0.3 is 20.1 Å². The summed E-state index contributed by atoms with van der Waals surface area (Å²) in [6.07, 6.45) is 1.63. The van der Waals surface area contributed by atoms with Gasteiger partial charge >= 0.3 is 0 Å². The Morgan fingerprint density at radius 2 is 1.93 bits per heavy atom. The number of benzene rings is 1. The molecule has 0 bridgehead atoms. The van der Waals surface area contributed by atoms with E-state index in [0.717, 1.165) is 29.8 Å². The largest absolute Gasteiger partial charge is 0.352 e. The van der Waals surface area contributed by atoms with Gasteiger partial charge in [-0.25, -0.2) is 0 Å². The second kappa shape index (κ2) is 9.34. The van der Waals surface area contributed by atoms with Gasteiger partial charge in [-0.2, -0.15) is 0 Å². The minimum absolute atomic E-state index is 0.244. The fourth-order valence-corrected chi connectivity index (χ4v) is 3.68. The highest BCUT2D eigenvalue weighted by atomic mass is 35.5. The number of carbonyl (C=O) groups excluding carboxylic acids is 1. The lowest BCUT2D eigenvalue weighted by atomic mass is 10.1. The summed E-state index contributed by atoms with van der Waals surface area (Å²) in [6.45, 7) is 2.72. The van der Waals surface area contributed by atoms with Crippen molar-refractivity contribution >= 4 is 35.1 Å². The molecule has 0 aliphatic carbocycles. The van der Waals surface area contributed by atoms with Crippen molar-refractivity contribution in [3.05, 3.63) is 57.3 Å². The first-order valence-corrected chi connectivity index (χ1v) is 10.0. The molecule has 1 amide bonds. The van der Waals surface area contributed by atoms with Crippen LogP contribution >= 0.6 is 23.2 Å². The van der Waals surface area contributed by atoms with Crippen molar-refractivity contribution in [2.75, 3.05) is 13.6 Å². The fourth-order valence-electron chi connectivity index (χ4n) is 3.27. The molecule has 0 unspecified atom stereocenters. The van der Waals surface area contributed by atoms with Crippen LogP contribution in [0.2, 0.25) is 10.2 Å². The van der Waals surface area contributed by atoms with Crippen molar-refractivity contribution in [1.29, 1.82) is 0 Å². The van der Waals surface area contributed by atoms with Gasteiger partial charge in [0, 0.05) is 45.8 Å². The number of aliphatic imine (C=N–C) groups is 1. The molecule has 1 aliphatic heterocycles. The van der Waals surface area contributed by atoms with E-state index < -0.39 is 0 Å². The average molecular weight is 422 g/mol. The molecule has 1 aromatic carbocycles. The second-order valence-electron chi connectivity index (χ2n) is 6.85. The smallest absolute Gasteiger partial charge is 0.222 e. The summed E-state index contributed by atoms with van der Waals surface area (Å²) in [5, 5.41) is 7.64. The number of hydrogen-bond acceptors (Lipinski definition) is 2. The highest BCUT2D eigenvalue weighted by molar-refractivity contribution is 6.41. The Kier molecular flexibility index (Phi) is 6.86. The highest BCUT2D eigenvalue weighted by Crippen LogP contribution is 2.24. The maximum Gasteiger partial charge on any atom is 0.222 e.